The Morgan fingerprint density at radius 2 is 0.852 bits per heavy atom. The van der Waals surface area contributed by atoms with E-state index in [1.165, 1.54) is 24.3 Å². The van der Waals surface area contributed by atoms with Crippen molar-refractivity contribution < 1.29 is 50.5 Å². The van der Waals surface area contributed by atoms with Crippen LogP contribution in [0.1, 0.15) is 31.8 Å². The van der Waals surface area contributed by atoms with Gasteiger partial charge in [0.15, 0.2) is 0 Å². The molecule has 0 aromatic heterocycles. The van der Waals surface area contributed by atoms with Crippen LogP contribution in [0.15, 0.2) is 107 Å². The van der Waals surface area contributed by atoms with E-state index in [0.29, 0.717) is 55.4 Å². The summed E-state index contributed by atoms with van der Waals surface area (Å²) in [6, 6.07) is 22.2. The number of imide groups is 2. The number of rotatable bonds is 8. The lowest BCUT2D eigenvalue weighted by Gasteiger charge is -2.13. The molecule has 6 rings (SSSR count). The zero-order valence-corrected chi connectivity index (χ0v) is 29.8. The molecule has 4 amide bonds. The van der Waals surface area contributed by atoms with E-state index >= 15 is 0 Å². The van der Waals surface area contributed by atoms with Gasteiger partial charge in [-0.2, -0.15) is 16.8 Å². The van der Waals surface area contributed by atoms with Crippen LogP contribution in [-0.2, 0) is 20.2 Å². The normalized spacial score (nSPS) is 11.6. The average Bonchev–Trinajstić information content (AvgIpc) is 3.07. The van der Waals surface area contributed by atoms with E-state index in [2.05, 4.69) is 21.3 Å². The smallest absolute Gasteiger partial charge is 0.328 e. The van der Waals surface area contributed by atoms with Gasteiger partial charge in [0.05, 0.1) is 9.79 Å². The second-order valence-corrected chi connectivity index (χ2v) is 15.1. The van der Waals surface area contributed by atoms with Crippen LogP contribution < -0.4 is 21.3 Å². The number of aromatic hydroxyl groups is 2. The van der Waals surface area contributed by atoms with E-state index < -0.39 is 47.9 Å². The van der Waals surface area contributed by atoms with Crippen LogP contribution in [0.3, 0.4) is 0 Å². The summed E-state index contributed by atoms with van der Waals surface area (Å²) >= 11 is 0. The van der Waals surface area contributed by atoms with Crippen LogP contribution in [0, 0.1) is 13.8 Å². The molecule has 0 bridgehead atoms. The minimum absolute atomic E-state index is 0.157. The summed E-state index contributed by atoms with van der Waals surface area (Å²) in [5, 5.41) is 32.6. The van der Waals surface area contributed by atoms with Gasteiger partial charge in [0.25, 0.3) is 32.1 Å². The maximum absolute atomic E-state index is 12.9. The summed E-state index contributed by atoms with van der Waals surface area (Å²) < 4.78 is 64.5. The minimum Gasteiger partial charge on any atom is -0.507 e. The SMILES string of the molecule is Cc1cc(Nc2ccc3cc(S(=O)(=O)O)cc(O)c3c2)ccc1C(=O)NC(=O)NC(=O)c1ccc(Nc2ccc3cc(S(=O)(=O)O)cc(O)c3c2)cc1C. The number of amides is 4. The molecule has 0 unspecified atom stereocenters. The van der Waals surface area contributed by atoms with Crippen LogP contribution in [0.25, 0.3) is 21.5 Å². The summed E-state index contributed by atoms with van der Waals surface area (Å²) in [4.78, 5) is 37.6. The fourth-order valence-corrected chi connectivity index (χ4v) is 6.85. The van der Waals surface area contributed by atoms with Crippen molar-refractivity contribution in [3.63, 3.8) is 0 Å². The number of nitrogens with one attached hydrogen (secondary N) is 4. The predicted molar refractivity (Wildman–Crippen MR) is 200 cm³/mol. The molecule has 0 atom stereocenters. The van der Waals surface area contributed by atoms with Gasteiger partial charge < -0.3 is 20.8 Å². The highest BCUT2D eigenvalue weighted by atomic mass is 32.2. The summed E-state index contributed by atoms with van der Waals surface area (Å²) in [7, 11) is -9.03. The first-order valence-corrected chi connectivity index (χ1v) is 18.6. The van der Waals surface area contributed by atoms with Crippen LogP contribution in [-0.4, -0.2) is 54.0 Å². The number of carbonyl (C=O) groups is 3. The van der Waals surface area contributed by atoms with Gasteiger partial charge in [0.2, 0.25) is 0 Å². The molecule has 0 saturated carbocycles. The maximum Gasteiger partial charge on any atom is 0.328 e. The van der Waals surface area contributed by atoms with Crippen molar-refractivity contribution in [3.05, 3.63) is 119 Å². The third kappa shape index (κ3) is 8.08. The third-order valence-corrected chi connectivity index (χ3v) is 10.0. The number of benzene rings is 6. The lowest BCUT2D eigenvalue weighted by atomic mass is 10.1. The van der Waals surface area contributed by atoms with Crippen molar-refractivity contribution in [2.75, 3.05) is 10.6 Å². The number of anilines is 4. The number of carbonyl (C=O) groups excluding carboxylic acids is 3. The van der Waals surface area contributed by atoms with Crippen molar-refractivity contribution in [3.8, 4) is 11.5 Å². The molecule has 0 fully saturated rings. The number of aryl methyl sites for hydroxylation is 2. The predicted octanol–water partition coefficient (Wildman–Crippen LogP) is 6.28. The quantitative estimate of drug-likeness (QED) is 0.0795. The van der Waals surface area contributed by atoms with Crippen LogP contribution in [0.2, 0.25) is 0 Å². The number of phenolic OH excluding ortho intramolecular Hbond substituents is 2. The summed E-state index contributed by atoms with van der Waals surface area (Å²) in [5.74, 6) is -2.22. The molecule has 8 N–H and O–H groups in total. The van der Waals surface area contributed by atoms with Gasteiger partial charge in [-0.15, -0.1) is 0 Å². The van der Waals surface area contributed by atoms with Crippen molar-refractivity contribution in [1.29, 1.82) is 0 Å². The van der Waals surface area contributed by atoms with E-state index in [9.17, 15) is 50.5 Å². The third-order valence-electron chi connectivity index (χ3n) is 8.38. The standard InChI is InChI=1S/C37H30N4O11S2/c1-19-11-23(38-25-5-3-21-13-27(53(47,48)49)17-33(42)31(21)15-25)7-9-29(19)35(44)40-37(46)41-36(45)30-10-8-24(12-20(30)2)39-26-6-4-22-14-28(54(50,51)52)18-34(43)32(22)16-26/h3-18,38-39,42-43H,1-2H3,(H,47,48,49)(H,50,51,52)(H2,40,41,44,45,46). The molecule has 6 aromatic rings. The molecule has 0 heterocycles. The summed E-state index contributed by atoms with van der Waals surface area (Å²) in [6.45, 7) is 3.29. The maximum atomic E-state index is 12.9. The zero-order valence-electron chi connectivity index (χ0n) is 28.2. The highest BCUT2D eigenvalue weighted by molar-refractivity contribution is 7.86. The van der Waals surface area contributed by atoms with Crippen LogP contribution in [0.4, 0.5) is 27.5 Å². The number of urea groups is 1. The van der Waals surface area contributed by atoms with Crippen molar-refractivity contribution in [1.82, 2.24) is 10.6 Å². The molecule has 276 valence electrons. The first-order chi connectivity index (χ1) is 25.3. The van der Waals surface area contributed by atoms with E-state index in [4.69, 9.17) is 0 Å². The monoisotopic (exact) mass is 770 g/mol. The Kier molecular flexibility index (Phi) is 9.74. The van der Waals surface area contributed by atoms with Crippen LogP contribution in [0.5, 0.6) is 11.5 Å². The number of phenols is 2. The Bertz CT molecular complexity index is 2600. The second-order valence-electron chi connectivity index (χ2n) is 12.3. The fraction of sp³-hybridized carbons (Fsp3) is 0.0541. The number of hydrogen-bond donors (Lipinski definition) is 8. The molecular weight excluding hydrogens is 741 g/mol. The van der Waals surface area contributed by atoms with Gasteiger partial charge in [-0.1, -0.05) is 12.1 Å². The van der Waals surface area contributed by atoms with E-state index in [-0.39, 0.29) is 22.6 Å². The lowest BCUT2D eigenvalue weighted by Crippen LogP contribution is -2.42. The Balaban J connectivity index is 1.07. The Labute approximate surface area is 307 Å². The average molecular weight is 771 g/mol. The molecule has 0 aliphatic carbocycles. The Morgan fingerprint density at radius 1 is 0.500 bits per heavy atom. The van der Waals surface area contributed by atoms with Gasteiger partial charge >= 0.3 is 6.03 Å². The molecule has 54 heavy (non-hydrogen) atoms. The molecule has 6 aromatic carbocycles. The van der Waals surface area contributed by atoms with Crippen molar-refractivity contribution >= 4 is 82.4 Å². The molecule has 0 saturated heterocycles. The molecular formula is C37H30N4O11S2. The van der Waals surface area contributed by atoms with Gasteiger partial charge in [0.1, 0.15) is 11.5 Å². The lowest BCUT2D eigenvalue weighted by molar-refractivity contribution is 0.0944. The second kappa shape index (κ2) is 14.1. The van der Waals surface area contributed by atoms with Crippen molar-refractivity contribution in [2.45, 2.75) is 23.6 Å². The van der Waals surface area contributed by atoms with Gasteiger partial charge in [-0.3, -0.25) is 29.3 Å². The topological polar surface area (TPSA) is 249 Å². The van der Waals surface area contributed by atoms with Gasteiger partial charge in [-0.25, -0.2) is 4.79 Å². The van der Waals surface area contributed by atoms with E-state index in [1.54, 1.807) is 74.5 Å². The summed E-state index contributed by atoms with van der Waals surface area (Å²) in [5.41, 5.74) is 3.45. The first kappa shape index (κ1) is 37.2. The Hall–Kier alpha value is -6.53. The highest BCUT2D eigenvalue weighted by Crippen LogP contribution is 2.33. The van der Waals surface area contributed by atoms with E-state index in [1.807, 2.05) is 0 Å². The van der Waals surface area contributed by atoms with Crippen LogP contribution >= 0.6 is 0 Å². The van der Waals surface area contributed by atoms with E-state index in [0.717, 1.165) is 12.1 Å². The van der Waals surface area contributed by atoms with Crippen molar-refractivity contribution in [2.24, 2.45) is 0 Å². The molecule has 0 radical (unpaired) electrons. The zero-order chi connectivity index (χ0) is 39.1. The van der Waals surface area contributed by atoms with Gasteiger partial charge in [0, 0.05) is 56.8 Å². The highest BCUT2D eigenvalue weighted by Gasteiger charge is 2.19. The first-order valence-electron chi connectivity index (χ1n) is 15.8. The van der Waals surface area contributed by atoms with Gasteiger partial charge in [-0.05, 0) is 109 Å². The molecule has 0 spiro atoms. The molecule has 0 aliphatic heterocycles. The number of hydrogen-bond acceptors (Lipinski definition) is 11. The largest absolute Gasteiger partial charge is 0.507 e. The summed E-state index contributed by atoms with van der Waals surface area (Å²) in [6.07, 6.45) is 0. The molecule has 15 nitrogen and oxygen atoms in total. The molecule has 17 heteroatoms. The number of fused-ring (bicyclic) bond motifs is 2. The fourth-order valence-electron chi connectivity index (χ4n) is 5.77. The molecule has 0 aliphatic rings. The Morgan fingerprint density at radius 3 is 1.20 bits per heavy atom. The minimum atomic E-state index is -4.51.